The van der Waals surface area contributed by atoms with Crippen molar-refractivity contribution in [3.63, 3.8) is 0 Å². The maximum absolute atomic E-state index is 10.3. The Labute approximate surface area is 73.2 Å². The van der Waals surface area contributed by atoms with Crippen molar-refractivity contribution in [1.82, 2.24) is 5.32 Å². The van der Waals surface area contributed by atoms with Gasteiger partial charge in [-0.2, -0.15) is 0 Å². The predicted molar refractivity (Wildman–Crippen MR) is 47.5 cm³/mol. The van der Waals surface area contributed by atoms with Crippen LogP contribution in [0, 0.1) is 12.0 Å². The number of unbranched alkanes of at least 4 members (excludes halogenated alkanes) is 2. The summed E-state index contributed by atoms with van der Waals surface area (Å²) < 4.78 is 0. The number of aliphatic carboxylic acids is 1. The topological polar surface area (TPSA) is 49.3 Å². The van der Waals surface area contributed by atoms with Crippen LogP contribution in [0.3, 0.4) is 0 Å². The molecule has 68 valence electrons. The van der Waals surface area contributed by atoms with Crippen LogP contribution < -0.4 is 5.32 Å². The van der Waals surface area contributed by atoms with Gasteiger partial charge in [-0.15, -0.1) is 0 Å². The molecule has 1 atom stereocenters. The minimum atomic E-state index is -0.875. The quantitative estimate of drug-likeness (QED) is 0.377. The molecule has 0 aliphatic carbocycles. The van der Waals surface area contributed by atoms with Crippen LogP contribution in [0.15, 0.2) is 0 Å². The van der Waals surface area contributed by atoms with Gasteiger partial charge in [-0.1, -0.05) is 19.3 Å². The third-order valence-corrected chi connectivity index (χ3v) is 1.40. The van der Waals surface area contributed by atoms with Crippen LogP contribution in [0.25, 0.3) is 0 Å². The summed E-state index contributed by atoms with van der Waals surface area (Å²) >= 11 is 0. The fourth-order valence-electron chi connectivity index (χ4n) is 0.549. The first-order valence-corrected chi connectivity index (χ1v) is 4.14. The first-order valence-electron chi connectivity index (χ1n) is 4.14. The molecule has 0 unspecified atom stereocenters. The van der Waals surface area contributed by atoms with E-state index in [1.54, 1.807) is 6.92 Å². The Morgan fingerprint density at radius 1 is 1.67 bits per heavy atom. The lowest BCUT2D eigenvalue weighted by Crippen LogP contribution is -2.29. The molecule has 0 heterocycles. The van der Waals surface area contributed by atoms with Crippen molar-refractivity contribution < 1.29 is 9.90 Å². The molecule has 0 saturated carbocycles. The minimum absolute atomic E-state index is 0.584. The molecule has 12 heavy (non-hydrogen) atoms. The molecule has 0 aliphatic heterocycles. The molecule has 0 rings (SSSR count). The fourth-order valence-corrected chi connectivity index (χ4v) is 0.549. The van der Waals surface area contributed by atoms with Gasteiger partial charge in [0.1, 0.15) is 6.04 Å². The Kier molecular flexibility index (Phi) is 5.90. The predicted octanol–water partition coefficient (Wildman–Crippen LogP) is 1.20. The van der Waals surface area contributed by atoms with Crippen LogP contribution in [-0.4, -0.2) is 17.1 Å². The average molecular weight is 169 g/mol. The molecule has 3 nitrogen and oxygen atoms in total. The maximum Gasteiger partial charge on any atom is 0.326 e. The van der Waals surface area contributed by atoms with Gasteiger partial charge in [0.15, 0.2) is 0 Å². The molecule has 0 radical (unpaired) electrons. The van der Waals surface area contributed by atoms with Gasteiger partial charge in [-0.3, -0.25) is 0 Å². The Morgan fingerprint density at radius 2 is 2.33 bits per heavy atom. The molecular formula is C9H15NO2. The van der Waals surface area contributed by atoms with Crippen LogP contribution in [0.5, 0.6) is 0 Å². The van der Waals surface area contributed by atoms with E-state index in [0.717, 1.165) is 19.3 Å². The second-order valence-corrected chi connectivity index (χ2v) is 2.61. The molecule has 0 aromatic heterocycles. The summed E-state index contributed by atoms with van der Waals surface area (Å²) in [5, 5.41) is 11.0. The SMILES string of the molecule is CCCCC#CN[C@@H](C)C(=O)O. The van der Waals surface area contributed by atoms with E-state index in [1.165, 1.54) is 0 Å². The van der Waals surface area contributed by atoms with Crippen molar-refractivity contribution in [1.29, 1.82) is 0 Å². The van der Waals surface area contributed by atoms with E-state index in [9.17, 15) is 4.79 Å². The van der Waals surface area contributed by atoms with Crippen LogP contribution in [0.2, 0.25) is 0 Å². The van der Waals surface area contributed by atoms with E-state index in [2.05, 4.69) is 24.2 Å². The van der Waals surface area contributed by atoms with Crippen LogP contribution in [0.4, 0.5) is 0 Å². The van der Waals surface area contributed by atoms with Crippen LogP contribution in [-0.2, 0) is 4.79 Å². The zero-order valence-electron chi connectivity index (χ0n) is 7.55. The second-order valence-electron chi connectivity index (χ2n) is 2.61. The van der Waals surface area contributed by atoms with Gasteiger partial charge in [0.2, 0.25) is 0 Å². The van der Waals surface area contributed by atoms with Gasteiger partial charge in [0, 0.05) is 12.5 Å². The van der Waals surface area contributed by atoms with Gasteiger partial charge in [0.25, 0.3) is 0 Å². The normalized spacial score (nSPS) is 11.2. The number of hydrogen-bond acceptors (Lipinski definition) is 2. The van der Waals surface area contributed by atoms with Crippen molar-refractivity contribution in [3.8, 4) is 12.0 Å². The number of nitrogens with one attached hydrogen (secondary N) is 1. The molecule has 0 aromatic carbocycles. The summed E-state index contributed by atoms with van der Waals surface area (Å²) in [6.45, 7) is 3.66. The van der Waals surface area contributed by atoms with E-state index < -0.39 is 12.0 Å². The summed E-state index contributed by atoms with van der Waals surface area (Å²) in [4.78, 5) is 10.3. The van der Waals surface area contributed by atoms with Crippen molar-refractivity contribution >= 4 is 5.97 Å². The van der Waals surface area contributed by atoms with Gasteiger partial charge in [-0.25, -0.2) is 4.79 Å². The van der Waals surface area contributed by atoms with Crippen LogP contribution in [0.1, 0.15) is 33.1 Å². The third kappa shape index (κ3) is 5.60. The lowest BCUT2D eigenvalue weighted by Gasteiger charge is -2.01. The highest BCUT2D eigenvalue weighted by atomic mass is 16.4. The Bertz CT molecular complexity index is 190. The number of carboxylic acids is 1. The molecule has 0 fully saturated rings. The molecule has 3 heteroatoms. The second kappa shape index (κ2) is 6.53. The Balaban J connectivity index is 3.49. The molecule has 0 saturated heterocycles. The summed E-state index contributed by atoms with van der Waals surface area (Å²) in [5.74, 6) is 1.97. The number of carboxylic acid groups (broad SMARTS) is 1. The van der Waals surface area contributed by atoms with E-state index in [4.69, 9.17) is 5.11 Å². The molecule has 0 aromatic rings. The lowest BCUT2D eigenvalue weighted by atomic mass is 10.3. The van der Waals surface area contributed by atoms with Gasteiger partial charge in [-0.05, 0) is 13.3 Å². The van der Waals surface area contributed by atoms with Gasteiger partial charge < -0.3 is 10.4 Å². The van der Waals surface area contributed by atoms with Crippen molar-refractivity contribution in [2.24, 2.45) is 0 Å². The Morgan fingerprint density at radius 3 is 2.83 bits per heavy atom. The number of rotatable bonds is 4. The zero-order valence-corrected chi connectivity index (χ0v) is 7.55. The molecule has 0 amide bonds. The molecular weight excluding hydrogens is 154 g/mol. The van der Waals surface area contributed by atoms with E-state index >= 15 is 0 Å². The van der Waals surface area contributed by atoms with E-state index in [-0.39, 0.29) is 0 Å². The monoisotopic (exact) mass is 169 g/mol. The molecule has 0 aliphatic rings. The average Bonchev–Trinajstić information content (AvgIpc) is 2.03. The molecule has 0 bridgehead atoms. The van der Waals surface area contributed by atoms with Crippen molar-refractivity contribution in [3.05, 3.63) is 0 Å². The number of carbonyl (C=O) groups is 1. The molecule has 0 spiro atoms. The minimum Gasteiger partial charge on any atom is -0.480 e. The lowest BCUT2D eigenvalue weighted by molar-refractivity contribution is -0.138. The highest BCUT2D eigenvalue weighted by molar-refractivity contribution is 5.73. The smallest absolute Gasteiger partial charge is 0.326 e. The Hall–Kier alpha value is -1.17. The fraction of sp³-hybridized carbons (Fsp3) is 0.667. The van der Waals surface area contributed by atoms with E-state index in [0.29, 0.717) is 0 Å². The number of hydrogen-bond donors (Lipinski definition) is 2. The van der Waals surface area contributed by atoms with Gasteiger partial charge >= 0.3 is 5.97 Å². The van der Waals surface area contributed by atoms with Crippen molar-refractivity contribution in [2.45, 2.75) is 39.2 Å². The first kappa shape index (κ1) is 10.8. The van der Waals surface area contributed by atoms with Gasteiger partial charge in [0.05, 0.1) is 0 Å². The maximum atomic E-state index is 10.3. The highest BCUT2D eigenvalue weighted by Gasteiger charge is 2.06. The van der Waals surface area contributed by atoms with Crippen molar-refractivity contribution in [2.75, 3.05) is 0 Å². The van der Waals surface area contributed by atoms with E-state index in [1.807, 2.05) is 0 Å². The largest absolute Gasteiger partial charge is 0.480 e. The zero-order chi connectivity index (χ0) is 9.40. The summed E-state index contributed by atoms with van der Waals surface area (Å²) in [6, 6.07) is 2.04. The third-order valence-electron chi connectivity index (χ3n) is 1.40. The highest BCUT2D eigenvalue weighted by Crippen LogP contribution is 1.89. The van der Waals surface area contributed by atoms with Crippen LogP contribution >= 0.6 is 0 Å². The first-order chi connectivity index (χ1) is 5.68. The summed E-state index contributed by atoms with van der Waals surface area (Å²) in [5.41, 5.74) is 0. The standard InChI is InChI=1S/C9H15NO2/c1-3-4-5-6-7-10-8(2)9(11)12/h8,10H,3-5H2,1-2H3,(H,11,12)/t8-/m0/s1. The molecule has 2 N–H and O–H groups in total. The summed E-state index contributed by atoms with van der Waals surface area (Å²) in [6.07, 6.45) is 3.01. The summed E-state index contributed by atoms with van der Waals surface area (Å²) in [7, 11) is 0.